The quantitative estimate of drug-likeness (QED) is 0.832. The van der Waals surface area contributed by atoms with Crippen molar-refractivity contribution < 1.29 is 4.74 Å². The molecule has 0 saturated heterocycles. The van der Waals surface area contributed by atoms with E-state index >= 15 is 0 Å². The van der Waals surface area contributed by atoms with Crippen molar-refractivity contribution >= 4 is 17.2 Å². The highest BCUT2D eigenvalue weighted by atomic mass is 32.1. The maximum absolute atomic E-state index is 5.67. The number of nitrogens with two attached hydrogens (primary N) is 1. The average Bonchev–Trinajstić information content (AvgIpc) is 2.76. The standard InChI is InChI=1S/C13H15N3OS/c1-16-11(5-7-15-16)6-8-17-12-4-2-3-10(9-12)13(14)18/h2-5,7,9H,6,8H2,1H3,(H2,14,18). The van der Waals surface area contributed by atoms with Crippen LogP contribution in [0, 0.1) is 0 Å². The molecule has 4 nitrogen and oxygen atoms in total. The topological polar surface area (TPSA) is 53.1 Å². The Labute approximate surface area is 111 Å². The highest BCUT2D eigenvalue weighted by molar-refractivity contribution is 7.80. The van der Waals surface area contributed by atoms with Crippen LogP contribution in [-0.4, -0.2) is 21.4 Å². The molecule has 2 aromatic rings. The van der Waals surface area contributed by atoms with Gasteiger partial charge in [-0.2, -0.15) is 5.10 Å². The van der Waals surface area contributed by atoms with Crippen LogP contribution in [0.15, 0.2) is 36.5 Å². The molecule has 2 N–H and O–H groups in total. The van der Waals surface area contributed by atoms with Gasteiger partial charge in [0.25, 0.3) is 0 Å². The van der Waals surface area contributed by atoms with E-state index in [0.717, 1.165) is 23.4 Å². The number of thiocarbonyl (C=S) groups is 1. The van der Waals surface area contributed by atoms with E-state index < -0.39 is 0 Å². The summed E-state index contributed by atoms with van der Waals surface area (Å²) in [7, 11) is 1.92. The number of benzene rings is 1. The Morgan fingerprint density at radius 1 is 1.44 bits per heavy atom. The smallest absolute Gasteiger partial charge is 0.120 e. The Bertz CT molecular complexity index is 551. The summed E-state index contributed by atoms with van der Waals surface area (Å²) >= 11 is 4.93. The summed E-state index contributed by atoms with van der Waals surface area (Å²) in [6.45, 7) is 0.598. The first-order valence-corrected chi connectivity index (χ1v) is 6.07. The second-order valence-corrected chi connectivity index (χ2v) is 4.38. The highest BCUT2D eigenvalue weighted by Crippen LogP contribution is 2.13. The largest absolute Gasteiger partial charge is 0.493 e. The number of nitrogens with zero attached hydrogens (tertiary/aromatic N) is 2. The van der Waals surface area contributed by atoms with Crippen molar-refractivity contribution in [2.45, 2.75) is 6.42 Å². The molecular formula is C13H15N3OS. The second-order valence-electron chi connectivity index (χ2n) is 3.94. The molecule has 0 aliphatic carbocycles. The number of aryl methyl sites for hydroxylation is 1. The summed E-state index contributed by atoms with van der Waals surface area (Å²) in [6, 6.07) is 9.48. The molecule has 0 amide bonds. The predicted molar refractivity (Wildman–Crippen MR) is 74.7 cm³/mol. The molecule has 0 radical (unpaired) electrons. The van der Waals surface area contributed by atoms with Gasteiger partial charge in [0.1, 0.15) is 10.7 Å². The molecule has 0 saturated carbocycles. The Balaban J connectivity index is 1.92. The molecule has 1 heterocycles. The maximum atomic E-state index is 5.67. The minimum Gasteiger partial charge on any atom is -0.493 e. The van der Waals surface area contributed by atoms with E-state index in [2.05, 4.69) is 5.10 Å². The van der Waals surface area contributed by atoms with E-state index in [-0.39, 0.29) is 0 Å². The lowest BCUT2D eigenvalue weighted by Gasteiger charge is -2.07. The van der Waals surface area contributed by atoms with Crippen LogP contribution in [0.3, 0.4) is 0 Å². The maximum Gasteiger partial charge on any atom is 0.120 e. The van der Waals surface area contributed by atoms with Gasteiger partial charge in [-0.15, -0.1) is 0 Å². The number of hydrogen-bond donors (Lipinski definition) is 1. The average molecular weight is 261 g/mol. The predicted octanol–water partition coefficient (Wildman–Crippen LogP) is 1.68. The normalized spacial score (nSPS) is 10.3. The summed E-state index contributed by atoms with van der Waals surface area (Å²) in [6.07, 6.45) is 2.59. The van der Waals surface area contributed by atoms with E-state index in [0.29, 0.717) is 11.6 Å². The van der Waals surface area contributed by atoms with Gasteiger partial charge < -0.3 is 10.5 Å². The number of hydrogen-bond acceptors (Lipinski definition) is 3. The van der Waals surface area contributed by atoms with E-state index in [9.17, 15) is 0 Å². The Hall–Kier alpha value is -1.88. The summed E-state index contributed by atoms with van der Waals surface area (Å²) < 4.78 is 7.51. The minimum absolute atomic E-state index is 0.382. The molecule has 0 bridgehead atoms. The fourth-order valence-electron chi connectivity index (χ4n) is 1.66. The van der Waals surface area contributed by atoms with Crippen LogP contribution >= 0.6 is 12.2 Å². The molecule has 0 fully saturated rings. The third-order valence-corrected chi connectivity index (χ3v) is 2.90. The van der Waals surface area contributed by atoms with Gasteiger partial charge in [0.2, 0.25) is 0 Å². The Morgan fingerprint density at radius 2 is 2.28 bits per heavy atom. The van der Waals surface area contributed by atoms with Gasteiger partial charge in [0.15, 0.2) is 0 Å². The first-order chi connectivity index (χ1) is 8.66. The van der Waals surface area contributed by atoms with Crippen LogP contribution in [0.2, 0.25) is 0 Å². The lowest BCUT2D eigenvalue weighted by atomic mass is 10.2. The number of aromatic nitrogens is 2. The molecule has 18 heavy (non-hydrogen) atoms. The van der Waals surface area contributed by atoms with Crippen LogP contribution < -0.4 is 10.5 Å². The summed E-state index contributed by atoms with van der Waals surface area (Å²) in [5, 5.41) is 4.11. The van der Waals surface area contributed by atoms with Crippen molar-refractivity contribution in [1.82, 2.24) is 9.78 Å². The molecular weight excluding hydrogens is 246 g/mol. The number of rotatable bonds is 5. The molecule has 1 aromatic carbocycles. The first-order valence-electron chi connectivity index (χ1n) is 5.66. The third-order valence-electron chi connectivity index (χ3n) is 2.67. The van der Waals surface area contributed by atoms with E-state index in [1.165, 1.54) is 0 Å². The van der Waals surface area contributed by atoms with Gasteiger partial charge in [-0.25, -0.2) is 0 Å². The zero-order chi connectivity index (χ0) is 13.0. The van der Waals surface area contributed by atoms with Gasteiger partial charge in [-0.1, -0.05) is 24.4 Å². The van der Waals surface area contributed by atoms with E-state index in [1.807, 2.05) is 42.1 Å². The highest BCUT2D eigenvalue weighted by Gasteiger charge is 2.01. The first kappa shape index (κ1) is 12.6. The van der Waals surface area contributed by atoms with Crippen molar-refractivity contribution in [3.63, 3.8) is 0 Å². The van der Waals surface area contributed by atoms with Crippen molar-refractivity contribution in [2.75, 3.05) is 6.61 Å². The molecule has 1 aromatic heterocycles. The molecule has 2 rings (SSSR count). The summed E-state index contributed by atoms with van der Waals surface area (Å²) in [4.78, 5) is 0.382. The Kier molecular flexibility index (Phi) is 3.94. The number of ether oxygens (including phenoxy) is 1. The molecule has 94 valence electrons. The summed E-state index contributed by atoms with van der Waals surface area (Å²) in [5.74, 6) is 0.780. The monoisotopic (exact) mass is 261 g/mol. The van der Waals surface area contributed by atoms with Crippen LogP contribution in [-0.2, 0) is 13.5 Å². The third kappa shape index (κ3) is 3.07. The van der Waals surface area contributed by atoms with Gasteiger partial charge in [0.05, 0.1) is 6.61 Å². The molecule has 5 heteroatoms. The second kappa shape index (κ2) is 5.64. The van der Waals surface area contributed by atoms with Crippen LogP contribution in [0.4, 0.5) is 0 Å². The van der Waals surface area contributed by atoms with Gasteiger partial charge >= 0.3 is 0 Å². The molecule has 0 unspecified atom stereocenters. The van der Waals surface area contributed by atoms with Crippen molar-refractivity contribution in [3.05, 3.63) is 47.8 Å². The SMILES string of the molecule is Cn1nccc1CCOc1cccc(C(N)=S)c1. The van der Waals surface area contributed by atoms with E-state index in [1.54, 1.807) is 6.20 Å². The van der Waals surface area contributed by atoms with Gasteiger partial charge in [-0.05, 0) is 18.2 Å². The van der Waals surface area contributed by atoms with Crippen molar-refractivity contribution in [3.8, 4) is 5.75 Å². The minimum atomic E-state index is 0.382. The zero-order valence-electron chi connectivity index (χ0n) is 10.2. The molecule has 0 spiro atoms. The van der Waals surface area contributed by atoms with Crippen LogP contribution in [0.25, 0.3) is 0 Å². The van der Waals surface area contributed by atoms with Gasteiger partial charge in [0, 0.05) is 30.9 Å². The van der Waals surface area contributed by atoms with Crippen molar-refractivity contribution in [1.29, 1.82) is 0 Å². The molecule has 0 aliphatic heterocycles. The lowest BCUT2D eigenvalue weighted by Crippen LogP contribution is -2.10. The molecule has 0 aliphatic rings. The molecule has 0 atom stereocenters. The summed E-state index contributed by atoms with van der Waals surface area (Å²) in [5.41, 5.74) is 7.53. The van der Waals surface area contributed by atoms with Crippen molar-refractivity contribution in [2.24, 2.45) is 12.8 Å². The van der Waals surface area contributed by atoms with Gasteiger partial charge in [-0.3, -0.25) is 4.68 Å². The van der Waals surface area contributed by atoms with Crippen LogP contribution in [0.1, 0.15) is 11.3 Å². The fourth-order valence-corrected chi connectivity index (χ4v) is 1.79. The zero-order valence-corrected chi connectivity index (χ0v) is 11.0. The Morgan fingerprint density at radius 3 is 2.94 bits per heavy atom. The fraction of sp³-hybridized carbons (Fsp3) is 0.231. The van der Waals surface area contributed by atoms with E-state index in [4.69, 9.17) is 22.7 Å². The lowest BCUT2D eigenvalue weighted by molar-refractivity contribution is 0.318. The van der Waals surface area contributed by atoms with Crippen LogP contribution in [0.5, 0.6) is 5.75 Å².